The van der Waals surface area contributed by atoms with Gasteiger partial charge < -0.3 is 15.2 Å². The van der Waals surface area contributed by atoms with Gasteiger partial charge >= 0.3 is 0 Å². The van der Waals surface area contributed by atoms with Crippen LogP contribution in [0.2, 0.25) is 0 Å². The van der Waals surface area contributed by atoms with E-state index in [-0.39, 0.29) is 0 Å². The molecule has 4 nitrogen and oxygen atoms in total. The monoisotopic (exact) mass is 232 g/mol. The second-order valence-electron chi connectivity index (χ2n) is 4.68. The van der Waals surface area contributed by atoms with Gasteiger partial charge in [0.05, 0.1) is 11.0 Å². The van der Waals surface area contributed by atoms with Crippen LogP contribution < -0.4 is 5.73 Å². The van der Waals surface area contributed by atoms with Gasteiger partial charge in [0.2, 0.25) is 5.95 Å². The Kier molecular flexibility index (Phi) is 3.33. The molecule has 0 atom stereocenters. The van der Waals surface area contributed by atoms with Crippen LogP contribution in [0.25, 0.3) is 11.0 Å². The van der Waals surface area contributed by atoms with Crippen molar-refractivity contribution < 1.29 is 0 Å². The first-order chi connectivity index (χ1) is 8.09. The third-order valence-electron chi connectivity index (χ3n) is 3.24. The number of benzene rings is 1. The largest absolute Gasteiger partial charge is 0.369 e. The lowest BCUT2D eigenvalue weighted by Gasteiger charge is -2.21. The van der Waals surface area contributed by atoms with E-state index in [4.69, 9.17) is 5.73 Å². The Hall–Kier alpha value is -1.55. The molecule has 92 valence electrons. The van der Waals surface area contributed by atoms with Gasteiger partial charge in [-0.1, -0.05) is 12.1 Å². The molecule has 1 aromatic carbocycles. The molecule has 4 heteroatoms. The molecule has 1 heterocycles. The van der Waals surface area contributed by atoms with Gasteiger partial charge in [-0.3, -0.25) is 0 Å². The van der Waals surface area contributed by atoms with Crippen molar-refractivity contribution >= 4 is 17.0 Å². The SMILES string of the molecule is CC(C)N(C)CCn1c(N)nc2ccccc21. The maximum atomic E-state index is 5.95. The number of para-hydroxylation sites is 2. The Morgan fingerprint density at radius 2 is 2.06 bits per heavy atom. The summed E-state index contributed by atoms with van der Waals surface area (Å²) in [6, 6.07) is 8.61. The minimum absolute atomic E-state index is 0.547. The third kappa shape index (κ3) is 2.42. The minimum atomic E-state index is 0.547. The van der Waals surface area contributed by atoms with E-state index in [0.717, 1.165) is 24.1 Å². The van der Waals surface area contributed by atoms with E-state index in [2.05, 4.69) is 41.4 Å². The Morgan fingerprint density at radius 3 is 2.76 bits per heavy atom. The first-order valence-corrected chi connectivity index (χ1v) is 6.00. The summed E-state index contributed by atoms with van der Waals surface area (Å²) < 4.78 is 2.08. The quantitative estimate of drug-likeness (QED) is 0.876. The number of nitrogens with zero attached hydrogens (tertiary/aromatic N) is 3. The maximum absolute atomic E-state index is 5.95. The molecule has 2 N–H and O–H groups in total. The van der Waals surface area contributed by atoms with Crippen LogP contribution in [0, 0.1) is 0 Å². The Balaban J connectivity index is 2.21. The zero-order valence-corrected chi connectivity index (χ0v) is 10.7. The molecule has 0 radical (unpaired) electrons. The van der Waals surface area contributed by atoms with Crippen molar-refractivity contribution in [3.63, 3.8) is 0 Å². The summed E-state index contributed by atoms with van der Waals surface area (Å²) in [5, 5.41) is 0. The van der Waals surface area contributed by atoms with E-state index in [1.807, 2.05) is 18.2 Å². The van der Waals surface area contributed by atoms with Crippen LogP contribution in [-0.2, 0) is 6.54 Å². The van der Waals surface area contributed by atoms with Crippen molar-refractivity contribution in [1.29, 1.82) is 0 Å². The molecular formula is C13H20N4. The predicted octanol–water partition coefficient (Wildman–Crippen LogP) is 1.96. The smallest absolute Gasteiger partial charge is 0.201 e. The number of nitrogen functional groups attached to an aromatic ring is 1. The Bertz CT molecular complexity index is 501. The number of likely N-dealkylation sites (N-methyl/N-ethyl adjacent to an activating group) is 1. The van der Waals surface area contributed by atoms with Crippen molar-refractivity contribution in [1.82, 2.24) is 14.5 Å². The number of rotatable bonds is 4. The van der Waals surface area contributed by atoms with Crippen molar-refractivity contribution in [2.24, 2.45) is 0 Å². The fourth-order valence-electron chi connectivity index (χ4n) is 1.85. The Morgan fingerprint density at radius 1 is 1.35 bits per heavy atom. The van der Waals surface area contributed by atoms with Gasteiger partial charge in [-0.05, 0) is 33.0 Å². The van der Waals surface area contributed by atoms with Crippen LogP contribution in [0.3, 0.4) is 0 Å². The minimum Gasteiger partial charge on any atom is -0.369 e. The van der Waals surface area contributed by atoms with E-state index < -0.39 is 0 Å². The molecular weight excluding hydrogens is 212 g/mol. The second kappa shape index (κ2) is 4.75. The van der Waals surface area contributed by atoms with Crippen molar-refractivity contribution in [3.8, 4) is 0 Å². The predicted molar refractivity (Wildman–Crippen MR) is 71.9 cm³/mol. The third-order valence-corrected chi connectivity index (χ3v) is 3.24. The Labute approximate surface area is 102 Å². The topological polar surface area (TPSA) is 47.1 Å². The summed E-state index contributed by atoms with van der Waals surface area (Å²) in [4.78, 5) is 6.66. The second-order valence-corrected chi connectivity index (χ2v) is 4.68. The van der Waals surface area contributed by atoms with Gasteiger partial charge in [-0.25, -0.2) is 4.98 Å². The van der Waals surface area contributed by atoms with E-state index in [1.165, 1.54) is 0 Å². The molecule has 2 rings (SSSR count). The lowest BCUT2D eigenvalue weighted by molar-refractivity contribution is 0.264. The number of nitrogens with two attached hydrogens (primary N) is 1. The average Bonchev–Trinajstić information content (AvgIpc) is 2.61. The van der Waals surface area contributed by atoms with Gasteiger partial charge in [-0.2, -0.15) is 0 Å². The first kappa shape index (κ1) is 11.9. The number of aromatic nitrogens is 2. The highest BCUT2D eigenvalue weighted by Crippen LogP contribution is 2.17. The first-order valence-electron chi connectivity index (χ1n) is 6.00. The highest BCUT2D eigenvalue weighted by atomic mass is 15.2. The summed E-state index contributed by atoms with van der Waals surface area (Å²) in [6.07, 6.45) is 0. The van der Waals surface area contributed by atoms with Crippen molar-refractivity contribution in [2.45, 2.75) is 26.4 Å². The number of hydrogen-bond acceptors (Lipinski definition) is 3. The lowest BCUT2D eigenvalue weighted by Crippen LogP contribution is -2.29. The molecule has 2 aromatic rings. The lowest BCUT2D eigenvalue weighted by atomic mass is 10.3. The molecule has 0 fully saturated rings. The van der Waals surface area contributed by atoms with E-state index in [0.29, 0.717) is 12.0 Å². The molecule has 0 saturated carbocycles. The average molecular weight is 232 g/mol. The molecule has 0 amide bonds. The number of imidazole rings is 1. The molecule has 0 aliphatic rings. The molecule has 0 saturated heterocycles. The van der Waals surface area contributed by atoms with E-state index >= 15 is 0 Å². The van der Waals surface area contributed by atoms with Crippen LogP contribution in [0.1, 0.15) is 13.8 Å². The number of hydrogen-bond donors (Lipinski definition) is 1. The molecule has 0 bridgehead atoms. The molecule has 0 aliphatic carbocycles. The van der Waals surface area contributed by atoms with Crippen LogP contribution >= 0.6 is 0 Å². The molecule has 0 spiro atoms. The molecule has 0 aliphatic heterocycles. The van der Waals surface area contributed by atoms with Gasteiger partial charge in [0.15, 0.2) is 0 Å². The van der Waals surface area contributed by atoms with Crippen LogP contribution in [0.15, 0.2) is 24.3 Å². The van der Waals surface area contributed by atoms with E-state index in [1.54, 1.807) is 0 Å². The van der Waals surface area contributed by atoms with Crippen LogP contribution in [-0.4, -0.2) is 34.1 Å². The fraction of sp³-hybridized carbons (Fsp3) is 0.462. The number of fused-ring (bicyclic) bond motifs is 1. The zero-order chi connectivity index (χ0) is 12.4. The normalized spacial score (nSPS) is 11.8. The molecule has 0 unspecified atom stereocenters. The van der Waals surface area contributed by atoms with Gasteiger partial charge in [-0.15, -0.1) is 0 Å². The summed E-state index contributed by atoms with van der Waals surface area (Å²) in [5.41, 5.74) is 8.03. The summed E-state index contributed by atoms with van der Waals surface area (Å²) in [5.74, 6) is 0.600. The summed E-state index contributed by atoms with van der Waals surface area (Å²) in [7, 11) is 2.12. The highest BCUT2D eigenvalue weighted by Gasteiger charge is 2.09. The highest BCUT2D eigenvalue weighted by molar-refractivity contribution is 5.78. The zero-order valence-electron chi connectivity index (χ0n) is 10.7. The maximum Gasteiger partial charge on any atom is 0.201 e. The van der Waals surface area contributed by atoms with Gasteiger partial charge in [0, 0.05) is 19.1 Å². The summed E-state index contributed by atoms with van der Waals surface area (Å²) >= 11 is 0. The number of anilines is 1. The summed E-state index contributed by atoms with van der Waals surface area (Å²) in [6.45, 7) is 6.23. The van der Waals surface area contributed by atoms with Gasteiger partial charge in [0.25, 0.3) is 0 Å². The van der Waals surface area contributed by atoms with Crippen LogP contribution in [0.5, 0.6) is 0 Å². The standard InChI is InChI=1S/C13H20N4/c1-10(2)16(3)8-9-17-12-7-5-4-6-11(12)15-13(17)14/h4-7,10H,8-9H2,1-3H3,(H2,14,15). The fourth-order valence-corrected chi connectivity index (χ4v) is 1.85. The van der Waals surface area contributed by atoms with Gasteiger partial charge in [0.1, 0.15) is 0 Å². The van der Waals surface area contributed by atoms with Crippen molar-refractivity contribution in [2.75, 3.05) is 19.3 Å². The van der Waals surface area contributed by atoms with Crippen LogP contribution in [0.4, 0.5) is 5.95 Å². The van der Waals surface area contributed by atoms with Crippen molar-refractivity contribution in [3.05, 3.63) is 24.3 Å². The molecule has 17 heavy (non-hydrogen) atoms. The van der Waals surface area contributed by atoms with E-state index in [9.17, 15) is 0 Å². The molecule has 1 aromatic heterocycles.